The van der Waals surface area contributed by atoms with Crippen LogP contribution >= 0.6 is 11.3 Å². The molecule has 2 aromatic heterocycles. The van der Waals surface area contributed by atoms with Gasteiger partial charge in [-0.3, -0.25) is 10.1 Å². The van der Waals surface area contributed by atoms with Gasteiger partial charge in [0.2, 0.25) is 0 Å². The van der Waals surface area contributed by atoms with E-state index in [1.807, 2.05) is 6.92 Å². The lowest BCUT2D eigenvalue weighted by Gasteiger charge is -2.13. The summed E-state index contributed by atoms with van der Waals surface area (Å²) in [5.74, 6) is -0.114. The van der Waals surface area contributed by atoms with Crippen molar-refractivity contribution in [3.05, 3.63) is 58.6 Å². The highest BCUT2D eigenvalue weighted by molar-refractivity contribution is 7.15. The number of aryl methyl sites for hydroxylation is 1. The minimum Gasteiger partial charge on any atom is -0.491 e. The maximum Gasteiger partial charge on any atom is 0.264 e. The maximum absolute atomic E-state index is 13.8. The number of ether oxygens (including phenoxy) is 1. The number of imidazole rings is 1. The van der Waals surface area contributed by atoms with Crippen LogP contribution in [0.3, 0.4) is 0 Å². The molecule has 0 fully saturated rings. The fourth-order valence-electron chi connectivity index (χ4n) is 3.19. The summed E-state index contributed by atoms with van der Waals surface area (Å²) < 4.78 is 32.9. The van der Waals surface area contributed by atoms with Crippen molar-refractivity contribution in [2.45, 2.75) is 19.5 Å². The zero-order valence-corrected chi connectivity index (χ0v) is 18.2. The Morgan fingerprint density at radius 1 is 1.30 bits per heavy atom. The van der Waals surface area contributed by atoms with Crippen LogP contribution in [0.15, 0.2) is 42.6 Å². The predicted octanol–water partition coefficient (Wildman–Crippen LogP) is 3.92. The van der Waals surface area contributed by atoms with Crippen LogP contribution in [0.4, 0.5) is 13.9 Å². The molecule has 2 heterocycles. The number of fused-ring (bicyclic) bond motifs is 1. The van der Waals surface area contributed by atoms with E-state index in [2.05, 4.69) is 20.3 Å². The van der Waals surface area contributed by atoms with Crippen molar-refractivity contribution < 1.29 is 28.5 Å². The van der Waals surface area contributed by atoms with E-state index in [0.717, 1.165) is 10.9 Å². The van der Waals surface area contributed by atoms with Crippen LogP contribution in [0.5, 0.6) is 5.75 Å². The first kappa shape index (κ1) is 22.8. The SMILES string of the molecule is Cc1cnc(NC(=O)c2cccc3[nH]c(-c4ccc(OCC(O)CO)cc4C(F)F)nc23)s1. The molecule has 11 heteroatoms. The van der Waals surface area contributed by atoms with E-state index < -0.39 is 25.0 Å². The molecule has 0 aliphatic heterocycles. The van der Waals surface area contributed by atoms with E-state index in [4.69, 9.17) is 9.84 Å². The number of halogens is 2. The molecular formula is C22H20F2N4O4S. The fourth-order valence-corrected chi connectivity index (χ4v) is 3.85. The molecular weight excluding hydrogens is 454 g/mol. The summed E-state index contributed by atoms with van der Waals surface area (Å²) in [5.41, 5.74) is 0.955. The topological polar surface area (TPSA) is 120 Å². The van der Waals surface area contributed by atoms with Crippen LogP contribution in [0.25, 0.3) is 22.4 Å². The number of carbonyl (C=O) groups is 1. The van der Waals surface area contributed by atoms with Crippen molar-refractivity contribution in [1.82, 2.24) is 15.0 Å². The molecule has 0 bridgehead atoms. The lowest BCUT2D eigenvalue weighted by Crippen LogP contribution is -2.21. The number of anilines is 1. The molecule has 0 aliphatic carbocycles. The number of aliphatic hydroxyl groups is 2. The zero-order chi connectivity index (χ0) is 23.5. The fraction of sp³-hybridized carbons (Fsp3) is 0.227. The Kier molecular flexibility index (Phi) is 6.63. The van der Waals surface area contributed by atoms with Gasteiger partial charge >= 0.3 is 0 Å². The van der Waals surface area contributed by atoms with Crippen LogP contribution < -0.4 is 10.1 Å². The number of aromatic amines is 1. The Balaban J connectivity index is 1.67. The molecule has 1 atom stereocenters. The minimum atomic E-state index is -2.82. The Labute approximate surface area is 190 Å². The number of carbonyl (C=O) groups excluding carboxylic acids is 1. The minimum absolute atomic E-state index is 0.122. The Bertz CT molecular complexity index is 1290. The molecule has 0 aliphatic rings. The predicted molar refractivity (Wildman–Crippen MR) is 120 cm³/mol. The lowest BCUT2D eigenvalue weighted by atomic mass is 10.1. The van der Waals surface area contributed by atoms with E-state index in [9.17, 15) is 18.7 Å². The number of para-hydroxylation sites is 1. The molecule has 4 aromatic rings. The number of benzene rings is 2. The summed E-state index contributed by atoms with van der Waals surface area (Å²) in [6, 6.07) is 9.03. The second-order valence-corrected chi connectivity index (χ2v) is 8.45. The number of nitrogens with one attached hydrogen (secondary N) is 2. The first-order valence-corrected chi connectivity index (χ1v) is 10.7. The van der Waals surface area contributed by atoms with Crippen LogP contribution in [0.1, 0.15) is 27.2 Å². The van der Waals surface area contributed by atoms with Gasteiger partial charge in [0.1, 0.15) is 29.8 Å². The van der Waals surface area contributed by atoms with E-state index in [-0.39, 0.29) is 34.9 Å². The van der Waals surface area contributed by atoms with Gasteiger partial charge in [-0.05, 0) is 37.3 Å². The third-order valence-corrected chi connectivity index (χ3v) is 5.59. The largest absolute Gasteiger partial charge is 0.491 e. The van der Waals surface area contributed by atoms with E-state index in [1.165, 1.54) is 23.5 Å². The second-order valence-electron chi connectivity index (χ2n) is 7.21. The van der Waals surface area contributed by atoms with Gasteiger partial charge in [0.15, 0.2) is 5.13 Å². The number of amides is 1. The molecule has 172 valence electrons. The van der Waals surface area contributed by atoms with Crippen molar-refractivity contribution >= 4 is 33.4 Å². The molecule has 0 saturated heterocycles. The van der Waals surface area contributed by atoms with Crippen LogP contribution in [-0.2, 0) is 0 Å². The lowest BCUT2D eigenvalue weighted by molar-refractivity contribution is 0.0534. The van der Waals surface area contributed by atoms with Gasteiger partial charge in [-0.25, -0.2) is 18.7 Å². The molecule has 33 heavy (non-hydrogen) atoms. The number of nitrogens with zero attached hydrogens (tertiary/aromatic N) is 2. The van der Waals surface area contributed by atoms with Gasteiger partial charge in [0.25, 0.3) is 12.3 Å². The van der Waals surface area contributed by atoms with E-state index in [1.54, 1.807) is 24.4 Å². The van der Waals surface area contributed by atoms with Crippen molar-refractivity contribution in [1.29, 1.82) is 0 Å². The number of rotatable bonds is 8. The van der Waals surface area contributed by atoms with Gasteiger partial charge in [-0.2, -0.15) is 0 Å². The summed E-state index contributed by atoms with van der Waals surface area (Å²) in [4.78, 5) is 25.3. The van der Waals surface area contributed by atoms with Crippen LogP contribution in [0, 0.1) is 6.92 Å². The standard InChI is InChI=1S/C22H20F2N4O4S/c1-11-8-25-22(33-11)28-21(31)15-3-2-4-17-18(15)27-20(26-17)14-6-5-13(7-16(14)19(23)24)32-10-12(30)9-29/h2-8,12,19,29-30H,9-10H2,1H3,(H,26,27)(H,25,28,31). The number of aromatic nitrogens is 3. The zero-order valence-electron chi connectivity index (χ0n) is 17.4. The Hall–Kier alpha value is -3.41. The second kappa shape index (κ2) is 9.61. The smallest absolute Gasteiger partial charge is 0.264 e. The summed E-state index contributed by atoms with van der Waals surface area (Å²) in [6.07, 6.45) is -2.29. The van der Waals surface area contributed by atoms with Crippen LogP contribution in [-0.4, -0.2) is 50.4 Å². The molecule has 0 spiro atoms. The monoisotopic (exact) mass is 474 g/mol. The molecule has 4 rings (SSSR count). The molecule has 1 amide bonds. The number of hydrogen-bond donors (Lipinski definition) is 4. The number of thiazole rings is 1. The van der Waals surface area contributed by atoms with Gasteiger partial charge < -0.3 is 19.9 Å². The first-order valence-electron chi connectivity index (χ1n) is 9.92. The molecule has 8 nitrogen and oxygen atoms in total. The van der Waals surface area contributed by atoms with Crippen molar-refractivity contribution in [3.8, 4) is 17.1 Å². The van der Waals surface area contributed by atoms with Crippen molar-refractivity contribution in [2.24, 2.45) is 0 Å². The molecule has 0 radical (unpaired) electrons. The third-order valence-electron chi connectivity index (χ3n) is 4.77. The van der Waals surface area contributed by atoms with Crippen molar-refractivity contribution in [3.63, 3.8) is 0 Å². The summed E-state index contributed by atoms with van der Waals surface area (Å²) in [5, 5.41) is 21.4. The summed E-state index contributed by atoms with van der Waals surface area (Å²) >= 11 is 1.34. The van der Waals surface area contributed by atoms with Gasteiger partial charge in [0.05, 0.1) is 17.7 Å². The third kappa shape index (κ3) is 5.00. The van der Waals surface area contributed by atoms with E-state index in [0.29, 0.717) is 16.2 Å². The molecule has 2 aromatic carbocycles. The summed E-state index contributed by atoms with van der Waals surface area (Å²) in [7, 11) is 0. The summed E-state index contributed by atoms with van der Waals surface area (Å²) in [6.45, 7) is 1.14. The average molecular weight is 474 g/mol. The number of hydrogen-bond acceptors (Lipinski definition) is 7. The first-order chi connectivity index (χ1) is 15.9. The number of alkyl halides is 2. The molecule has 1 unspecified atom stereocenters. The highest BCUT2D eigenvalue weighted by Gasteiger charge is 2.21. The average Bonchev–Trinajstić information content (AvgIpc) is 3.42. The number of aliphatic hydroxyl groups excluding tert-OH is 2. The quantitative estimate of drug-likeness (QED) is 0.307. The Morgan fingerprint density at radius 2 is 2.12 bits per heavy atom. The maximum atomic E-state index is 13.8. The highest BCUT2D eigenvalue weighted by Crippen LogP contribution is 2.34. The highest BCUT2D eigenvalue weighted by atomic mass is 32.1. The van der Waals surface area contributed by atoms with Gasteiger partial charge in [-0.15, -0.1) is 11.3 Å². The number of H-pyrrole nitrogens is 1. The van der Waals surface area contributed by atoms with Gasteiger partial charge in [-0.1, -0.05) is 6.07 Å². The van der Waals surface area contributed by atoms with E-state index >= 15 is 0 Å². The molecule has 4 N–H and O–H groups in total. The normalized spacial score (nSPS) is 12.3. The Morgan fingerprint density at radius 3 is 2.82 bits per heavy atom. The van der Waals surface area contributed by atoms with Crippen molar-refractivity contribution in [2.75, 3.05) is 18.5 Å². The van der Waals surface area contributed by atoms with Crippen LogP contribution in [0.2, 0.25) is 0 Å². The van der Waals surface area contributed by atoms with Gasteiger partial charge in [0, 0.05) is 22.2 Å². The molecule has 0 saturated carbocycles.